The SMILES string of the molecule is Cc1[nH]ncc1C(=O)Nc1ccc(OCCN2CC[C@H](C)C2)cc1. The molecule has 2 aromatic rings. The Hall–Kier alpha value is -2.34. The fraction of sp³-hybridized carbons (Fsp3) is 0.444. The van der Waals surface area contributed by atoms with E-state index in [0.717, 1.165) is 29.6 Å². The fourth-order valence-electron chi connectivity index (χ4n) is 2.93. The van der Waals surface area contributed by atoms with Gasteiger partial charge in [-0.25, -0.2) is 0 Å². The predicted octanol–water partition coefficient (Wildman–Crippen LogP) is 2.69. The number of nitrogens with zero attached hydrogens (tertiary/aromatic N) is 2. The number of aromatic nitrogens is 2. The monoisotopic (exact) mass is 328 g/mol. The van der Waals surface area contributed by atoms with Crippen LogP contribution in [0.5, 0.6) is 5.75 Å². The first-order valence-electron chi connectivity index (χ1n) is 8.38. The van der Waals surface area contributed by atoms with Crippen molar-refractivity contribution in [3.63, 3.8) is 0 Å². The van der Waals surface area contributed by atoms with Gasteiger partial charge in [-0.2, -0.15) is 5.10 Å². The molecular weight excluding hydrogens is 304 g/mol. The molecule has 1 aliphatic heterocycles. The van der Waals surface area contributed by atoms with Crippen LogP contribution in [-0.2, 0) is 0 Å². The number of ether oxygens (including phenoxy) is 1. The van der Waals surface area contributed by atoms with Crippen molar-refractivity contribution >= 4 is 11.6 Å². The van der Waals surface area contributed by atoms with Gasteiger partial charge >= 0.3 is 0 Å². The number of likely N-dealkylation sites (tertiary alicyclic amines) is 1. The molecule has 0 spiro atoms. The second-order valence-corrected chi connectivity index (χ2v) is 6.43. The summed E-state index contributed by atoms with van der Waals surface area (Å²) in [5, 5.41) is 9.47. The quantitative estimate of drug-likeness (QED) is 0.855. The molecule has 1 saturated heterocycles. The number of amides is 1. The highest BCUT2D eigenvalue weighted by Crippen LogP contribution is 2.18. The lowest BCUT2D eigenvalue weighted by molar-refractivity contribution is 0.102. The summed E-state index contributed by atoms with van der Waals surface area (Å²) in [4.78, 5) is 14.6. The summed E-state index contributed by atoms with van der Waals surface area (Å²) in [6, 6.07) is 7.45. The summed E-state index contributed by atoms with van der Waals surface area (Å²) in [5.74, 6) is 1.45. The molecule has 6 nitrogen and oxygen atoms in total. The zero-order valence-electron chi connectivity index (χ0n) is 14.2. The lowest BCUT2D eigenvalue weighted by Gasteiger charge is -2.15. The third-order valence-electron chi connectivity index (χ3n) is 4.37. The van der Waals surface area contributed by atoms with E-state index < -0.39 is 0 Å². The third kappa shape index (κ3) is 4.14. The molecule has 0 radical (unpaired) electrons. The molecule has 0 unspecified atom stereocenters. The lowest BCUT2D eigenvalue weighted by atomic mass is 10.2. The van der Waals surface area contributed by atoms with E-state index in [2.05, 4.69) is 27.3 Å². The number of aryl methyl sites for hydroxylation is 1. The predicted molar refractivity (Wildman–Crippen MR) is 93.4 cm³/mol. The first-order chi connectivity index (χ1) is 11.6. The summed E-state index contributed by atoms with van der Waals surface area (Å²) in [7, 11) is 0. The second kappa shape index (κ2) is 7.49. The highest BCUT2D eigenvalue weighted by atomic mass is 16.5. The number of hydrogen-bond donors (Lipinski definition) is 2. The van der Waals surface area contributed by atoms with Gasteiger partial charge in [0.2, 0.25) is 0 Å². The highest BCUT2D eigenvalue weighted by molar-refractivity contribution is 6.04. The Morgan fingerprint density at radius 2 is 2.21 bits per heavy atom. The van der Waals surface area contributed by atoms with E-state index in [-0.39, 0.29) is 5.91 Å². The van der Waals surface area contributed by atoms with Crippen LogP contribution in [0.25, 0.3) is 0 Å². The Bertz CT molecular complexity index is 681. The second-order valence-electron chi connectivity index (χ2n) is 6.43. The molecule has 3 rings (SSSR count). The highest BCUT2D eigenvalue weighted by Gasteiger charge is 2.17. The van der Waals surface area contributed by atoms with Crippen LogP contribution in [-0.4, -0.2) is 47.2 Å². The van der Waals surface area contributed by atoms with Gasteiger partial charge in [-0.3, -0.25) is 14.8 Å². The van der Waals surface area contributed by atoms with Gasteiger partial charge in [0.05, 0.1) is 11.8 Å². The maximum atomic E-state index is 12.1. The van der Waals surface area contributed by atoms with Gasteiger partial charge in [-0.05, 0) is 50.1 Å². The maximum Gasteiger partial charge on any atom is 0.259 e. The summed E-state index contributed by atoms with van der Waals surface area (Å²) >= 11 is 0. The molecule has 1 aliphatic rings. The van der Waals surface area contributed by atoms with E-state index in [1.165, 1.54) is 25.7 Å². The molecule has 0 saturated carbocycles. The molecule has 128 valence electrons. The van der Waals surface area contributed by atoms with Gasteiger partial charge in [0.25, 0.3) is 5.91 Å². The van der Waals surface area contributed by atoms with Crippen LogP contribution in [0, 0.1) is 12.8 Å². The van der Waals surface area contributed by atoms with Crippen molar-refractivity contribution in [2.45, 2.75) is 20.3 Å². The summed E-state index contributed by atoms with van der Waals surface area (Å²) in [6.07, 6.45) is 2.81. The minimum Gasteiger partial charge on any atom is -0.492 e. The van der Waals surface area contributed by atoms with Crippen molar-refractivity contribution < 1.29 is 9.53 Å². The van der Waals surface area contributed by atoms with E-state index in [4.69, 9.17) is 4.74 Å². The molecule has 2 N–H and O–H groups in total. The number of rotatable bonds is 6. The maximum absolute atomic E-state index is 12.1. The normalized spacial score (nSPS) is 17.8. The summed E-state index contributed by atoms with van der Waals surface area (Å²) in [5.41, 5.74) is 2.04. The molecule has 6 heteroatoms. The van der Waals surface area contributed by atoms with Crippen molar-refractivity contribution in [2.24, 2.45) is 5.92 Å². The van der Waals surface area contributed by atoms with Crippen LogP contribution < -0.4 is 10.1 Å². The molecule has 0 bridgehead atoms. The van der Waals surface area contributed by atoms with Crippen molar-refractivity contribution in [3.05, 3.63) is 41.7 Å². The number of hydrogen-bond acceptors (Lipinski definition) is 4. The smallest absolute Gasteiger partial charge is 0.259 e. The number of anilines is 1. The molecule has 1 atom stereocenters. The van der Waals surface area contributed by atoms with Crippen molar-refractivity contribution in [3.8, 4) is 5.75 Å². The molecule has 1 aromatic heterocycles. The van der Waals surface area contributed by atoms with E-state index in [9.17, 15) is 4.79 Å². The first-order valence-corrected chi connectivity index (χ1v) is 8.38. The number of H-pyrrole nitrogens is 1. The Morgan fingerprint density at radius 3 is 2.83 bits per heavy atom. The Kier molecular flexibility index (Phi) is 5.15. The van der Waals surface area contributed by atoms with Crippen LogP contribution in [0.2, 0.25) is 0 Å². The van der Waals surface area contributed by atoms with E-state index >= 15 is 0 Å². The minimum atomic E-state index is -0.168. The van der Waals surface area contributed by atoms with E-state index in [0.29, 0.717) is 12.2 Å². The molecular formula is C18H24N4O2. The fourth-order valence-corrected chi connectivity index (χ4v) is 2.93. The average Bonchev–Trinajstić information content (AvgIpc) is 3.17. The van der Waals surface area contributed by atoms with Crippen LogP contribution >= 0.6 is 0 Å². The average molecular weight is 328 g/mol. The standard InChI is InChI=1S/C18H24N4O2/c1-13-7-8-22(12-13)9-10-24-16-5-3-15(4-6-16)20-18(23)17-11-19-21-14(17)2/h3-6,11,13H,7-10,12H2,1-2H3,(H,19,21)(H,20,23)/t13-/m0/s1. The van der Waals surface area contributed by atoms with Gasteiger partial charge in [0.1, 0.15) is 12.4 Å². The van der Waals surface area contributed by atoms with Crippen molar-refractivity contribution in [1.82, 2.24) is 15.1 Å². The number of benzene rings is 1. The van der Waals surface area contributed by atoms with Gasteiger partial charge in [0.15, 0.2) is 0 Å². The van der Waals surface area contributed by atoms with Crippen molar-refractivity contribution in [1.29, 1.82) is 0 Å². The van der Waals surface area contributed by atoms with Gasteiger partial charge in [-0.1, -0.05) is 6.92 Å². The topological polar surface area (TPSA) is 70.2 Å². The zero-order valence-corrected chi connectivity index (χ0v) is 14.2. The van der Waals surface area contributed by atoms with Crippen LogP contribution in [0.4, 0.5) is 5.69 Å². The first kappa shape index (κ1) is 16.5. The summed E-state index contributed by atoms with van der Waals surface area (Å²) < 4.78 is 5.79. The Labute approximate surface area is 142 Å². The molecule has 1 fully saturated rings. The summed E-state index contributed by atoms with van der Waals surface area (Å²) in [6.45, 7) is 8.10. The van der Waals surface area contributed by atoms with Gasteiger partial charge < -0.3 is 10.1 Å². The number of aromatic amines is 1. The zero-order chi connectivity index (χ0) is 16.9. The number of carbonyl (C=O) groups excluding carboxylic acids is 1. The molecule has 24 heavy (non-hydrogen) atoms. The number of nitrogens with one attached hydrogen (secondary N) is 2. The van der Waals surface area contributed by atoms with Crippen LogP contribution in [0.1, 0.15) is 29.4 Å². The van der Waals surface area contributed by atoms with E-state index in [1.54, 1.807) is 0 Å². The van der Waals surface area contributed by atoms with Crippen LogP contribution in [0.3, 0.4) is 0 Å². The van der Waals surface area contributed by atoms with Crippen LogP contribution in [0.15, 0.2) is 30.5 Å². The third-order valence-corrected chi connectivity index (χ3v) is 4.37. The molecule has 0 aliphatic carbocycles. The largest absolute Gasteiger partial charge is 0.492 e. The Morgan fingerprint density at radius 1 is 1.42 bits per heavy atom. The lowest BCUT2D eigenvalue weighted by Crippen LogP contribution is -2.25. The molecule has 1 amide bonds. The molecule has 1 aromatic carbocycles. The number of carbonyl (C=O) groups is 1. The Balaban J connectivity index is 1.46. The van der Waals surface area contributed by atoms with Crippen molar-refractivity contribution in [2.75, 3.05) is 31.6 Å². The van der Waals surface area contributed by atoms with Gasteiger partial charge in [0, 0.05) is 24.5 Å². The molecule has 2 heterocycles. The van der Waals surface area contributed by atoms with Gasteiger partial charge in [-0.15, -0.1) is 0 Å². The van der Waals surface area contributed by atoms with E-state index in [1.807, 2.05) is 31.2 Å². The minimum absolute atomic E-state index is 0.168.